The van der Waals surface area contributed by atoms with Crippen LogP contribution in [0.1, 0.15) is 30.0 Å². The topological polar surface area (TPSA) is 137 Å². The molecule has 0 aliphatic carbocycles. The number of amides is 1. The van der Waals surface area contributed by atoms with Crippen molar-refractivity contribution >= 4 is 28.2 Å². The number of ether oxygens (including phenoxy) is 2. The van der Waals surface area contributed by atoms with Crippen LogP contribution in [0.15, 0.2) is 49.2 Å². The first-order chi connectivity index (χ1) is 17.5. The number of benzene rings is 2. The number of nitrogens with zero attached hydrogens (tertiary/aromatic N) is 4. The summed E-state index contributed by atoms with van der Waals surface area (Å²) in [5, 5.41) is 18.1. The highest BCUT2D eigenvalue weighted by Gasteiger charge is 2.17. The van der Waals surface area contributed by atoms with E-state index in [1.807, 2.05) is 37.3 Å². The quantitative estimate of drug-likeness (QED) is 0.258. The Labute approximate surface area is 209 Å². The van der Waals surface area contributed by atoms with Crippen molar-refractivity contribution in [1.29, 1.82) is 0 Å². The Balaban J connectivity index is 1.70. The highest BCUT2D eigenvalue weighted by molar-refractivity contribution is 5.98. The first-order valence-corrected chi connectivity index (χ1v) is 11.8. The van der Waals surface area contributed by atoms with E-state index in [1.165, 1.54) is 6.33 Å². The smallest absolute Gasteiger partial charge is 0.221 e. The summed E-state index contributed by atoms with van der Waals surface area (Å²) >= 11 is 0. The Morgan fingerprint density at radius 2 is 2.08 bits per heavy atom. The van der Waals surface area contributed by atoms with Crippen molar-refractivity contribution in [2.45, 2.75) is 39.3 Å². The van der Waals surface area contributed by atoms with Crippen LogP contribution >= 0.6 is 0 Å². The van der Waals surface area contributed by atoms with Gasteiger partial charge in [0.25, 0.3) is 0 Å². The number of nitrogens with one attached hydrogen (secondary N) is 1. The van der Waals surface area contributed by atoms with E-state index in [4.69, 9.17) is 15.2 Å². The fourth-order valence-electron chi connectivity index (χ4n) is 4.19. The Morgan fingerprint density at radius 1 is 1.22 bits per heavy atom. The lowest BCUT2D eigenvalue weighted by Crippen LogP contribution is -2.15. The number of hydrogen-bond acceptors (Lipinski definition) is 8. The van der Waals surface area contributed by atoms with Gasteiger partial charge < -0.3 is 25.6 Å². The van der Waals surface area contributed by atoms with Gasteiger partial charge >= 0.3 is 0 Å². The third kappa shape index (κ3) is 5.55. The second-order valence-electron chi connectivity index (χ2n) is 8.26. The molecule has 4 N–H and O–H groups in total. The molecule has 0 saturated heterocycles. The van der Waals surface area contributed by atoms with Gasteiger partial charge in [-0.2, -0.15) is 5.10 Å². The number of nitrogens with two attached hydrogens (primary N) is 1. The van der Waals surface area contributed by atoms with Gasteiger partial charge in [0.05, 0.1) is 37.9 Å². The number of pyridine rings is 1. The molecule has 2 aromatic carbocycles. The zero-order valence-corrected chi connectivity index (χ0v) is 20.4. The van der Waals surface area contributed by atoms with Gasteiger partial charge in [-0.05, 0) is 29.7 Å². The third-order valence-corrected chi connectivity index (χ3v) is 5.91. The Bertz CT molecular complexity index is 1340. The van der Waals surface area contributed by atoms with Crippen molar-refractivity contribution < 1.29 is 19.4 Å². The molecule has 2 aromatic heterocycles. The average Bonchev–Trinajstić information content (AvgIpc) is 3.40. The number of hydrogen-bond donors (Lipinski definition) is 3. The van der Waals surface area contributed by atoms with Crippen LogP contribution in [0, 0.1) is 0 Å². The number of aryl methyl sites for hydroxylation is 1. The molecule has 0 aliphatic heterocycles. The molecule has 0 unspecified atom stereocenters. The molecule has 0 bridgehead atoms. The molecule has 0 saturated carbocycles. The highest BCUT2D eigenvalue weighted by atomic mass is 16.5. The molecule has 4 rings (SSSR count). The summed E-state index contributed by atoms with van der Waals surface area (Å²) in [5.41, 5.74) is 10.3. The van der Waals surface area contributed by atoms with E-state index in [1.54, 1.807) is 24.3 Å². The van der Waals surface area contributed by atoms with Crippen molar-refractivity contribution in [3.05, 3.63) is 65.9 Å². The van der Waals surface area contributed by atoms with E-state index in [0.717, 1.165) is 35.0 Å². The summed E-state index contributed by atoms with van der Waals surface area (Å²) < 4.78 is 13.4. The van der Waals surface area contributed by atoms with Gasteiger partial charge in [-0.3, -0.25) is 14.5 Å². The van der Waals surface area contributed by atoms with E-state index < -0.39 is 5.91 Å². The van der Waals surface area contributed by atoms with Crippen LogP contribution in [-0.4, -0.2) is 44.5 Å². The maximum absolute atomic E-state index is 11.8. The highest BCUT2D eigenvalue weighted by Crippen LogP contribution is 2.38. The summed E-state index contributed by atoms with van der Waals surface area (Å²) in [7, 11) is 1.58. The van der Waals surface area contributed by atoms with Gasteiger partial charge in [0.2, 0.25) is 5.91 Å². The predicted octanol–water partition coefficient (Wildman–Crippen LogP) is 3.13. The van der Waals surface area contributed by atoms with Crippen LogP contribution in [0.2, 0.25) is 0 Å². The second-order valence-corrected chi connectivity index (χ2v) is 8.26. The molecule has 0 radical (unpaired) electrons. The molecule has 0 aliphatic rings. The molecule has 188 valence electrons. The van der Waals surface area contributed by atoms with E-state index in [9.17, 15) is 9.90 Å². The van der Waals surface area contributed by atoms with Crippen LogP contribution in [-0.2, 0) is 30.8 Å². The number of aliphatic hydroxyl groups is 1. The summed E-state index contributed by atoms with van der Waals surface area (Å²) in [4.78, 5) is 20.3. The molecule has 0 atom stereocenters. The summed E-state index contributed by atoms with van der Waals surface area (Å²) in [5.74, 6) is 0.656. The van der Waals surface area contributed by atoms with Crippen molar-refractivity contribution in [1.82, 2.24) is 19.7 Å². The Kier molecular flexibility index (Phi) is 7.96. The monoisotopic (exact) mass is 490 g/mol. The van der Waals surface area contributed by atoms with Gasteiger partial charge in [-0.15, -0.1) is 0 Å². The summed E-state index contributed by atoms with van der Waals surface area (Å²) in [6, 6.07) is 9.41. The normalized spacial score (nSPS) is 11.0. The second kappa shape index (κ2) is 11.5. The van der Waals surface area contributed by atoms with Crippen molar-refractivity contribution in [2.75, 3.05) is 19.0 Å². The molecule has 0 spiro atoms. The minimum atomic E-state index is -0.460. The molecule has 1 amide bonds. The number of aliphatic hydroxyl groups excluding tert-OH is 1. The number of aromatic nitrogens is 4. The van der Waals surface area contributed by atoms with Gasteiger partial charge in [0, 0.05) is 41.9 Å². The fourth-order valence-corrected chi connectivity index (χ4v) is 4.19. The van der Waals surface area contributed by atoms with Crippen molar-refractivity contribution in [2.24, 2.45) is 5.73 Å². The van der Waals surface area contributed by atoms with Gasteiger partial charge in [-0.1, -0.05) is 19.1 Å². The van der Waals surface area contributed by atoms with Crippen molar-refractivity contribution in [3.8, 4) is 11.5 Å². The molecular formula is C26H30N6O4. The molecule has 0 fully saturated rings. The first kappa shape index (κ1) is 24.9. The van der Waals surface area contributed by atoms with Gasteiger partial charge in [0.1, 0.15) is 12.7 Å². The standard InChI is InChI=1S/C26H30N6O4/c1-3-19-17(14-33)6-4-7-21(19)31-26-18(10-25(27)34)13-29-22-12-24(23(35-2)11-20(22)26)36-9-5-8-32-16-28-15-30-32/h4,6-7,11-13,15-16,33H,3,5,8-10,14H2,1-2H3,(H2,27,34)(H,29,31). The minimum Gasteiger partial charge on any atom is -0.493 e. The third-order valence-electron chi connectivity index (χ3n) is 5.91. The number of methoxy groups -OCH3 is 1. The molecule has 10 heteroatoms. The summed E-state index contributed by atoms with van der Waals surface area (Å²) in [6.07, 6.45) is 6.30. The molecule has 2 heterocycles. The van der Waals surface area contributed by atoms with E-state index in [-0.39, 0.29) is 13.0 Å². The number of carbonyl (C=O) groups excluding carboxylic acids is 1. The van der Waals surface area contributed by atoms with Crippen LogP contribution in [0.4, 0.5) is 11.4 Å². The number of fused-ring (bicyclic) bond motifs is 1. The SMILES string of the molecule is CCc1c(CO)cccc1Nc1c(CC(N)=O)cnc2cc(OCCCn3cncn3)c(OC)cc12. The number of carbonyl (C=O) groups is 1. The zero-order chi connectivity index (χ0) is 25.5. The summed E-state index contributed by atoms with van der Waals surface area (Å²) in [6.45, 7) is 3.12. The van der Waals surface area contributed by atoms with E-state index in [2.05, 4.69) is 20.4 Å². The van der Waals surface area contributed by atoms with E-state index in [0.29, 0.717) is 41.4 Å². The van der Waals surface area contributed by atoms with Crippen LogP contribution in [0.3, 0.4) is 0 Å². The van der Waals surface area contributed by atoms with Gasteiger partial charge in [-0.25, -0.2) is 4.98 Å². The van der Waals surface area contributed by atoms with Gasteiger partial charge in [0.15, 0.2) is 11.5 Å². The number of anilines is 2. The molecular weight excluding hydrogens is 460 g/mol. The molecule has 36 heavy (non-hydrogen) atoms. The minimum absolute atomic E-state index is 0.0231. The van der Waals surface area contributed by atoms with E-state index >= 15 is 0 Å². The largest absolute Gasteiger partial charge is 0.493 e. The Hall–Kier alpha value is -4.18. The fraction of sp³-hybridized carbons (Fsp3) is 0.308. The number of primary amides is 1. The molecule has 4 aromatic rings. The van der Waals surface area contributed by atoms with Crippen molar-refractivity contribution in [3.63, 3.8) is 0 Å². The first-order valence-electron chi connectivity index (χ1n) is 11.8. The lowest BCUT2D eigenvalue weighted by molar-refractivity contribution is -0.117. The predicted molar refractivity (Wildman–Crippen MR) is 136 cm³/mol. The van der Waals surface area contributed by atoms with Crippen LogP contribution < -0.4 is 20.5 Å². The zero-order valence-electron chi connectivity index (χ0n) is 20.4. The average molecular weight is 491 g/mol. The maximum atomic E-state index is 11.8. The molecule has 10 nitrogen and oxygen atoms in total. The Morgan fingerprint density at radius 3 is 2.78 bits per heavy atom. The van der Waals surface area contributed by atoms with Crippen LogP contribution in [0.5, 0.6) is 11.5 Å². The maximum Gasteiger partial charge on any atom is 0.221 e. The lowest BCUT2D eigenvalue weighted by Gasteiger charge is -2.19. The van der Waals surface area contributed by atoms with Crippen LogP contribution in [0.25, 0.3) is 10.9 Å². The lowest BCUT2D eigenvalue weighted by atomic mass is 10.0. The number of rotatable bonds is 12.